The van der Waals surface area contributed by atoms with Gasteiger partial charge in [0, 0.05) is 12.7 Å². The van der Waals surface area contributed by atoms with E-state index in [0.717, 1.165) is 6.54 Å². The lowest BCUT2D eigenvalue weighted by atomic mass is 10.2. The summed E-state index contributed by atoms with van der Waals surface area (Å²) in [6.45, 7) is 2.00. The highest BCUT2D eigenvalue weighted by atomic mass is 19.3. The van der Waals surface area contributed by atoms with Crippen LogP contribution in [0.2, 0.25) is 0 Å². The second kappa shape index (κ2) is 5.99. The molecule has 0 radical (unpaired) electrons. The van der Waals surface area contributed by atoms with Crippen molar-refractivity contribution in [2.45, 2.75) is 13.3 Å². The number of amides is 1. The third-order valence-corrected chi connectivity index (χ3v) is 1.80. The summed E-state index contributed by atoms with van der Waals surface area (Å²) < 4.78 is 23.7. The first kappa shape index (κ1) is 12.4. The monoisotopic (exact) mass is 229 g/mol. The maximum Gasteiger partial charge on any atom is 0.255 e. The number of hydrogen-bond donors (Lipinski definition) is 2. The predicted octanol–water partition coefficient (Wildman–Crippen LogP) is 1.51. The van der Waals surface area contributed by atoms with Crippen LogP contribution in [0.1, 0.15) is 17.3 Å². The fraction of sp³-hybridized carbons (Fsp3) is 0.400. The molecule has 1 heterocycles. The summed E-state index contributed by atoms with van der Waals surface area (Å²) in [6.07, 6.45) is -1.20. The van der Waals surface area contributed by atoms with Crippen molar-refractivity contribution in [1.82, 2.24) is 10.3 Å². The molecule has 0 saturated carbocycles. The summed E-state index contributed by atoms with van der Waals surface area (Å²) in [5.74, 6) is 0.101. The van der Waals surface area contributed by atoms with Crippen LogP contribution in [0.4, 0.5) is 14.6 Å². The van der Waals surface area contributed by atoms with Crippen LogP contribution in [0.15, 0.2) is 18.3 Å². The minimum Gasteiger partial charge on any atom is -0.370 e. The zero-order valence-corrected chi connectivity index (χ0v) is 8.84. The molecule has 1 aromatic rings. The molecule has 6 heteroatoms. The third kappa shape index (κ3) is 3.80. The molecule has 0 atom stereocenters. The second-order valence-corrected chi connectivity index (χ2v) is 3.06. The molecule has 0 aliphatic carbocycles. The molecule has 0 saturated heterocycles. The number of rotatable bonds is 5. The summed E-state index contributed by atoms with van der Waals surface area (Å²) in [7, 11) is 0. The molecule has 0 aromatic carbocycles. The van der Waals surface area contributed by atoms with Crippen LogP contribution in [0.25, 0.3) is 0 Å². The first-order valence-corrected chi connectivity index (χ1v) is 4.89. The summed E-state index contributed by atoms with van der Waals surface area (Å²) >= 11 is 0. The van der Waals surface area contributed by atoms with Crippen LogP contribution >= 0.6 is 0 Å². The summed E-state index contributed by atoms with van der Waals surface area (Å²) in [5, 5.41) is 5.06. The van der Waals surface area contributed by atoms with E-state index < -0.39 is 18.9 Å². The third-order valence-electron chi connectivity index (χ3n) is 1.80. The van der Waals surface area contributed by atoms with Gasteiger partial charge in [-0.3, -0.25) is 4.79 Å². The molecule has 0 spiro atoms. The van der Waals surface area contributed by atoms with Gasteiger partial charge in [0.05, 0.1) is 12.1 Å². The molecular formula is C10H13F2N3O. The van der Waals surface area contributed by atoms with E-state index in [1.165, 1.54) is 12.3 Å². The number of pyridine rings is 1. The smallest absolute Gasteiger partial charge is 0.255 e. The molecule has 0 fully saturated rings. The van der Waals surface area contributed by atoms with Crippen molar-refractivity contribution in [2.75, 3.05) is 18.4 Å². The maximum absolute atomic E-state index is 11.8. The van der Waals surface area contributed by atoms with E-state index in [1.807, 2.05) is 6.92 Å². The highest BCUT2D eigenvalue weighted by Gasteiger charge is 2.08. The van der Waals surface area contributed by atoms with Crippen molar-refractivity contribution < 1.29 is 13.6 Å². The minimum atomic E-state index is -2.54. The Morgan fingerprint density at radius 2 is 2.25 bits per heavy atom. The van der Waals surface area contributed by atoms with E-state index in [4.69, 9.17) is 0 Å². The van der Waals surface area contributed by atoms with Gasteiger partial charge >= 0.3 is 0 Å². The van der Waals surface area contributed by atoms with E-state index in [9.17, 15) is 13.6 Å². The van der Waals surface area contributed by atoms with Crippen LogP contribution < -0.4 is 10.6 Å². The van der Waals surface area contributed by atoms with E-state index in [0.29, 0.717) is 5.82 Å². The van der Waals surface area contributed by atoms with Crippen molar-refractivity contribution in [3.63, 3.8) is 0 Å². The quantitative estimate of drug-likeness (QED) is 0.804. The maximum atomic E-state index is 11.8. The zero-order valence-electron chi connectivity index (χ0n) is 8.84. The van der Waals surface area contributed by atoms with Gasteiger partial charge in [-0.05, 0) is 19.1 Å². The standard InChI is InChI=1S/C10H13F2N3O/c1-2-13-9-4-3-7(5-14-9)10(16)15-6-8(11)12/h3-5,8H,2,6H2,1H3,(H,13,14)(H,15,16). The second-order valence-electron chi connectivity index (χ2n) is 3.06. The van der Waals surface area contributed by atoms with Crippen LogP contribution in [0.3, 0.4) is 0 Å². The molecule has 2 N–H and O–H groups in total. The number of halogens is 2. The van der Waals surface area contributed by atoms with Gasteiger partial charge in [-0.2, -0.15) is 0 Å². The van der Waals surface area contributed by atoms with Crippen molar-refractivity contribution in [1.29, 1.82) is 0 Å². The molecule has 16 heavy (non-hydrogen) atoms. The number of alkyl halides is 2. The normalized spacial score (nSPS) is 10.2. The van der Waals surface area contributed by atoms with Crippen LogP contribution in [0, 0.1) is 0 Å². The topological polar surface area (TPSA) is 54.0 Å². The average molecular weight is 229 g/mol. The Hall–Kier alpha value is -1.72. The molecule has 4 nitrogen and oxygen atoms in total. The minimum absolute atomic E-state index is 0.266. The molecule has 0 unspecified atom stereocenters. The fourth-order valence-electron chi connectivity index (χ4n) is 1.09. The molecule has 1 amide bonds. The number of nitrogens with one attached hydrogen (secondary N) is 2. The fourth-order valence-corrected chi connectivity index (χ4v) is 1.09. The molecule has 0 aliphatic rings. The first-order chi connectivity index (χ1) is 7.63. The Kier molecular flexibility index (Phi) is 4.63. The van der Waals surface area contributed by atoms with Crippen LogP contribution in [0.5, 0.6) is 0 Å². The number of nitrogens with zero attached hydrogens (tertiary/aromatic N) is 1. The molecule has 1 aromatic heterocycles. The van der Waals surface area contributed by atoms with Gasteiger partial charge in [0.2, 0.25) is 0 Å². The van der Waals surface area contributed by atoms with E-state index in [-0.39, 0.29) is 5.56 Å². The van der Waals surface area contributed by atoms with Gasteiger partial charge in [-0.25, -0.2) is 13.8 Å². The lowest BCUT2D eigenvalue weighted by molar-refractivity contribution is 0.0891. The highest BCUT2D eigenvalue weighted by Crippen LogP contribution is 2.04. The van der Waals surface area contributed by atoms with Crippen molar-refractivity contribution in [3.8, 4) is 0 Å². The largest absolute Gasteiger partial charge is 0.370 e. The predicted molar refractivity (Wildman–Crippen MR) is 56.7 cm³/mol. The SMILES string of the molecule is CCNc1ccc(C(=O)NCC(F)F)cn1. The van der Waals surface area contributed by atoms with Gasteiger partial charge in [0.15, 0.2) is 0 Å². The molecule has 1 rings (SSSR count). The Balaban J connectivity index is 2.56. The van der Waals surface area contributed by atoms with Gasteiger partial charge in [-0.15, -0.1) is 0 Å². The van der Waals surface area contributed by atoms with Gasteiger partial charge in [0.25, 0.3) is 12.3 Å². The lowest BCUT2D eigenvalue weighted by Crippen LogP contribution is -2.28. The molecule has 0 bridgehead atoms. The highest BCUT2D eigenvalue weighted by molar-refractivity contribution is 5.94. The van der Waals surface area contributed by atoms with Gasteiger partial charge in [0.1, 0.15) is 5.82 Å². The van der Waals surface area contributed by atoms with Crippen molar-refractivity contribution in [3.05, 3.63) is 23.9 Å². The van der Waals surface area contributed by atoms with Gasteiger partial charge < -0.3 is 10.6 Å². The van der Waals surface area contributed by atoms with E-state index in [1.54, 1.807) is 6.07 Å². The van der Waals surface area contributed by atoms with E-state index >= 15 is 0 Å². The van der Waals surface area contributed by atoms with Gasteiger partial charge in [-0.1, -0.05) is 0 Å². The number of aromatic nitrogens is 1. The van der Waals surface area contributed by atoms with Crippen LogP contribution in [-0.2, 0) is 0 Å². The Morgan fingerprint density at radius 1 is 1.50 bits per heavy atom. The molecular weight excluding hydrogens is 216 g/mol. The van der Waals surface area contributed by atoms with E-state index in [2.05, 4.69) is 15.6 Å². The molecule has 0 aliphatic heterocycles. The average Bonchev–Trinajstić information content (AvgIpc) is 2.27. The Morgan fingerprint density at radius 3 is 2.75 bits per heavy atom. The summed E-state index contributed by atoms with van der Waals surface area (Å²) in [4.78, 5) is 15.3. The lowest BCUT2D eigenvalue weighted by Gasteiger charge is -2.05. The number of hydrogen-bond acceptors (Lipinski definition) is 3. The van der Waals surface area contributed by atoms with Crippen molar-refractivity contribution >= 4 is 11.7 Å². The Labute approximate surface area is 92.1 Å². The number of carbonyl (C=O) groups excluding carboxylic acids is 1. The Bertz CT molecular complexity index is 340. The first-order valence-electron chi connectivity index (χ1n) is 4.89. The molecule has 88 valence electrons. The summed E-state index contributed by atoms with van der Waals surface area (Å²) in [6, 6.07) is 3.16. The number of anilines is 1. The van der Waals surface area contributed by atoms with Crippen molar-refractivity contribution in [2.24, 2.45) is 0 Å². The zero-order chi connectivity index (χ0) is 12.0. The summed E-state index contributed by atoms with van der Waals surface area (Å²) in [5.41, 5.74) is 0.266. The number of carbonyl (C=O) groups is 1. The van der Waals surface area contributed by atoms with Crippen LogP contribution in [-0.4, -0.2) is 30.4 Å².